The van der Waals surface area contributed by atoms with Crippen LogP contribution in [0.5, 0.6) is 0 Å². The van der Waals surface area contributed by atoms with Crippen molar-refractivity contribution in [2.45, 2.75) is 51.6 Å². The van der Waals surface area contributed by atoms with Crippen molar-refractivity contribution in [2.24, 2.45) is 5.92 Å². The van der Waals surface area contributed by atoms with Gasteiger partial charge in [-0.05, 0) is 52.1 Å². The number of nitrogens with one attached hydrogen (secondary N) is 1. The summed E-state index contributed by atoms with van der Waals surface area (Å²) in [6.07, 6.45) is 4.21. The van der Waals surface area contributed by atoms with Crippen LogP contribution in [-0.4, -0.2) is 49.2 Å². The molecule has 0 spiro atoms. The summed E-state index contributed by atoms with van der Waals surface area (Å²) in [5, 5.41) is 3.37. The average molecular weight is 254 g/mol. The number of carbonyl (C=O) groups is 1. The molecule has 0 unspecified atom stereocenters. The van der Waals surface area contributed by atoms with Gasteiger partial charge in [-0.2, -0.15) is 0 Å². The molecule has 2 saturated heterocycles. The molecule has 0 bridgehead atoms. The van der Waals surface area contributed by atoms with Gasteiger partial charge in [-0.3, -0.25) is 4.79 Å². The van der Waals surface area contributed by atoms with Crippen molar-refractivity contribution in [3.8, 4) is 0 Å². The predicted molar refractivity (Wildman–Crippen MR) is 71.4 cm³/mol. The lowest BCUT2D eigenvalue weighted by molar-refractivity contribution is -0.144. The molecule has 0 aromatic carbocycles. The van der Waals surface area contributed by atoms with Crippen molar-refractivity contribution >= 4 is 5.91 Å². The van der Waals surface area contributed by atoms with Gasteiger partial charge in [-0.1, -0.05) is 0 Å². The van der Waals surface area contributed by atoms with E-state index in [0.717, 1.165) is 25.4 Å². The summed E-state index contributed by atoms with van der Waals surface area (Å²) in [5.74, 6) is 1.05. The summed E-state index contributed by atoms with van der Waals surface area (Å²) < 4.78 is 5.47. The highest BCUT2D eigenvalue weighted by Crippen LogP contribution is 2.21. The molecule has 0 radical (unpaired) electrons. The molecule has 2 atom stereocenters. The molecule has 2 heterocycles. The Balaban J connectivity index is 1.79. The minimum atomic E-state index is 0.231. The molecule has 0 saturated carbocycles. The third-order valence-electron chi connectivity index (χ3n) is 4.18. The maximum atomic E-state index is 12.3. The first-order valence-corrected chi connectivity index (χ1v) is 7.28. The summed E-state index contributed by atoms with van der Waals surface area (Å²) in [5.41, 5.74) is 0. The van der Waals surface area contributed by atoms with E-state index in [9.17, 15) is 4.79 Å². The zero-order valence-corrected chi connectivity index (χ0v) is 11.7. The number of amides is 1. The molecule has 104 valence electrons. The van der Waals surface area contributed by atoms with Crippen molar-refractivity contribution in [1.82, 2.24) is 10.2 Å². The van der Waals surface area contributed by atoms with E-state index in [1.165, 1.54) is 12.8 Å². The predicted octanol–water partition coefficient (Wildman–Crippen LogP) is 1.40. The van der Waals surface area contributed by atoms with E-state index in [-0.39, 0.29) is 12.1 Å². The van der Waals surface area contributed by atoms with Gasteiger partial charge in [0.05, 0.1) is 25.3 Å². The molecule has 2 aliphatic rings. The Morgan fingerprint density at radius 2 is 1.83 bits per heavy atom. The molecular weight excluding hydrogens is 228 g/mol. The van der Waals surface area contributed by atoms with Gasteiger partial charge in [0.2, 0.25) is 5.91 Å². The number of nitrogens with zero attached hydrogens (tertiary/aromatic N) is 1. The second-order valence-corrected chi connectivity index (χ2v) is 5.77. The summed E-state index contributed by atoms with van der Waals surface area (Å²) in [4.78, 5) is 14.3. The third kappa shape index (κ3) is 3.45. The maximum absolute atomic E-state index is 12.3. The van der Waals surface area contributed by atoms with E-state index in [0.29, 0.717) is 25.5 Å². The Morgan fingerprint density at radius 1 is 1.22 bits per heavy atom. The molecule has 4 nitrogen and oxygen atoms in total. The lowest BCUT2D eigenvalue weighted by Crippen LogP contribution is -2.52. The van der Waals surface area contributed by atoms with Crippen LogP contribution in [0.15, 0.2) is 0 Å². The van der Waals surface area contributed by atoms with Gasteiger partial charge < -0.3 is 15.0 Å². The Labute approximate surface area is 110 Å². The Bertz CT molecular complexity index is 267. The van der Waals surface area contributed by atoms with Gasteiger partial charge in [0.15, 0.2) is 0 Å². The number of hydrogen-bond donors (Lipinski definition) is 1. The largest absolute Gasteiger partial charge is 0.377 e. The van der Waals surface area contributed by atoms with Crippen molar-refractivity contribution in [3.63, 3.8) is 0 Å². The zero-order chi connectivity index (χ0) is 13.0. The topological polar surface area (TPSA) is 41.6 Å². The second kappa shape index (κ2) is 6.53. The third-order valence-corrected chi connectivity index (χ3v) is 4.18. The van der Waals surface area contributed by atoms with Gasteiger partial charge in [0.1, 0.15) is 0 Å². The van der Waals surface area contributed by atoms with Gasteiger partial charge in [0, 0.05) is 6.42 Å². The minimum absolute atomic E-state index is 0.231. The highest BCUT2D eigenvalue weighted by atomic mass is 16.5. The van der Waals surface area contributed by atoms with Crippen LogP contribution in [0.3, 0.4) is 0 Å². The second-order valence-electron chi connectivity index (χ2n) is 5.77. The van der Waals surface area contributed by atoms with Crippen LogP contribution in [0.2, 0.25) is 0 Å². The molecule has 18 heavy (non-hydrogen) atoms. The Kier molecular flexibility index (Phi) is 5.01. The van der Waals surface area contributed by atoms with E-state index < -0.39 is 0 Å². The number of hydrogen-bond acceptors (Lipinski definition) is 3. The first kappa shape index (κ1) is 13.8. The van der Waals surface area contributed by atoms with Crippen LogP contribution in [0, 0.1) is 5.92 Å². The van der Waals surface area contributed by atoms with E-state index in [1.807, 2.05) is 4.90 Å². The summed E-state index contributed by atoms with van der Waals surface area (Å²) >= 11 is 0. The number of carbonyl (C=O) groups excluding carboxylic acids is 1. The molecule has 4 heteroatoms. The van der Waals surface area contributed by atoms with E-state index in [4.69, 9.17) is 4.74 Å². The van der Waals surface area contributed by atoms with Gasteiger partial charge in [0.25, 0.3) is 0 Å². The average Bonchev–Trinajstić information content (AvgIpc) is 2.37. The normalized spacial score (nSPS) is 30.4. The van der Waals surface area contributed by atoms with Crippen LogP contribution in [0.25, 0.3) is 0 Å². The van der Waals surface area contributed by atoms with Crippen LogP contribution in [0.1, 0.15) is 39.5 Å². The molecule has 0 aromatic heterocycles. The van der Waals surface area contributed by atoms with Gasteiger partial charge >= 0.3 is 0 Å². The van der Waals surface area contributed by atoms with Gasteiger partial charge in [-0.25, -0.2) is 0 Å². The molecule has 1 N–H and O–H groups in total. The van der Waals surface area contributed by atoms with Crippen molar-refractivity contribution in [3.05, 3.63) is 0 Å². The zero-order valence-electron chi connectivity index (χ0n) is 11.7. The number of morpholine rings is 1. The summed E-state index contributed by atoms with van der Waals surface area (Å²) in [6, 6.07) is 0.462. The minimum Gasteiger partial charge on any atom is -0.377 e. The van der Waals surface area contributed by atoms with Crippen molar-refractivity contribution in [2.75, 3.05) is 26.3 Å². The summed E-state index contributed by atoms with van der Waals surface area (Å²) in [6.45, 7) is 7.76. The lowest BCUT2D eigenvalue weighted by Gasteiger charge is -2.39. The molecule has 2 fully saturated rings. The molecular formula is C14H26N2O2. The van der Waals surface area contributed by atoms with Gasteiger partial charge in [-0.15, -0.1) is 0 Å². The highest BCUT2D eigenvalue weighted by molar-refractivity contribution is 5.77. The number of ether oxygens (including phenoxy) is 1. The quantitative estimate of drug-likeness (QED) is 0.828. The van der Waals surface area contributed by atoms with Crippen LogP contribution in [-0.2, 0) is 9.53 Å². The van der Waals surface area contributed by atoms with E-state index in [1.54, 1.807) is 0 Å². The first-order chi connectivity index (χ1) is 8.68. The van der Waals surface area contributed by atoms with Crippen LogP contribution < -0.4 is 5.32 Å². The molecule has 0 aromatic rings. The number of rotatable bonds is 3. The fourth-order valence-electron chi connectivity index (χ4n) is 3.12. The van der Waals surface area contributed by atoms with Crippen molar-refractivity contribution < 1.29 is 9.53 Å². The van der Waals surface area contributed by atoms with E-state index in [2.05, 4.69) is 19.2 Å². The molecule has 2 aliphatic heterocycles. The number of piperidine rings is 1. The van der Waals surface area contributed by atoms with Crippen LogP contribution >= 0.6 is 0 Å². The Hall–Kier alpha value is -0.610. The molecule has 1 amide bonds. The fourth-order valence-corrected chi connectivity index (χ4v) is 3.12. The standard InChI is InChI=1S/C14H26N2O2/c1-11-9-18-10-12(2)16(11)14(17)4-3-13-5-7-15-8-6-13/h11-13,15H,3-10H2,1-2H3/t11-,12-/m1/s1. The fraction of sp³-hybridized carbons (Fsp3) is 0.929. The van der Waals surface area contributed by atoms with Crippen molar-refractivity contribution in [1.29, 1.82) is 0 Å². The lowest BCUT2D eigenvalue weighted by atomic mass is 9.92. The highest BCUT2D eigenvalue weighted by Gasteiger charge is 2.29. The smallest absolute Gasteiger partial charge is 0.223 e. The monoisotopic (exact) mass is 254 g/mol. The SMILES string of the molecule is C[C@@H]1COC[C@@H](C)N1C(=O)CCC1CCNCC1. The van der Waals surface area contributed by atoms with Crippen LogP contribution in [0.4, 0.5) is 0 Å². The molecule has 0 aliphatic carbocycles. The summed E-state index contributed by atoms with van der Waals surface area (Å²) in [7, 11) is 0. The first-order valence-electron chi connectivity index (χ1n) is 7.28. The Morgan fingerprint density at radius 3 is 2.44 bits per heavy atom. The maximum Gasteiger partial charge on any atom is 0.223 e. The molecule has 2 rings (SSSR count). The van der Waals surface area contributed by atoms with E-state index >= 15 is 0 Å².